The molecule has 0 atom stereocenters. The third kappa shape index (κ3) is 3.54. The Bertz CT molecular complexity index is 611. The van der Waals surface area contributed by atoms with Crippen LogP contribution in [0, 0.1) is 0 Å². The first kappa shape index (κ1) is 14.9. The molecule has 0 saturated carbocycles. The lowest BCUT2D eigenvalue weighted by atomic mass is 10.1. The van der Waals surface area contributed by atoms with E-state index in [1.807, 2.05) is 30.3 Å². The lowest BCUT2D eigenvalue weighted by molar-refractivity contribution is 0.0781. The Morgan fingerprint density at radius 2 is 1.76 bits per heavy atom. The van der Waals surface area contributed by atoms with E-state index in [0.717, 1.165) is 5.56 Å². The zero-order valence-electron chi connectivity index (χ0n) is 12.5. The highest BCUT2D eigenvalue weighted by Gasteiger charge is 2.17. The number of ether oxygens (including phenoxy) is 2. The Kier molecular flexibility index (Phi) is 4.82. The fourth-order valence-corrected chi connectivity index (χ4v) is 2.12. The first-order valence-corrected chi connectivity index (χ1v) is 6.67. The van der Waals surface area contributed by atoms with Crippen LogP contribution in [-0.2, 0) is 6.54 Å². The van der Waals surface area contributed by atoms with E-state index in [-0.39, 0.29) is 5.91 Å². The van der Waals surface area contributed by atoms with Gasteiger partial charge in [-0.15, -0.1) is 0 Å². The summed E-state index contributed by atoms with van der Waals surface area (Å²) in [5.41, 5.74) is 1.57. The fourth-order valence-electron chi connectivity index (χ4n) is 2.12. The van der Waals surface area contributed by atoms with Crippen molar-refractivity contribution < 1.29 is 14.3 Å². The quantitative estimate of drug-likeness (QED) is 0.847. The second-order valence-electron chi connectivity index (χ2n) is 4.71. The van der Waals surface area contributed by atoms with Crippen molar-refractivity contribution in [1.82, 2.24) is 4.90 Å². The van der Waals surface area contributed by atoms with Crippen molar-refractivity contribution in [3.05, 3.63) is 59.7 Å². The summed E-state index contributed by atoms with van der Waals surface area (Å²) >= 11 is 0. The van der Waals surface area contributed by atoms with Gasteiger partial charge in [-0.1, -0.05) is 30.3 Å². The third-order valence-electron chi connectivity index (χ3n) is 3.25. The number of hydrogen-bond acceptors (Lipinski definition) is 3. The molecule has 0 heterocycles. The predicted molar refractivity (Wildman–Crippen MR) is 81.8 cm³/mol. The van der Waals surface area contributed by atoms with E-state index in [4.69, 9.17) is 9.47 Å². The Balaban J connectivity index is 2.22. The number of carbonyl (C=O) groups excluding carboxylic acids is 1. The minimum atomic E-state index is -0.102. The molecule has 0 spiro atoms. The van der Waals surface area contributed by atoms with Gasteiger partial charge in [-0.25, -0.2) is 0 Å². The molecule has 1 amide bonds. The summed E-state index contributed by atoms with van der Waals surface area (Å²) in [7, 11) is 4.90. The van der Waals surface area contributed by atoms with Gasteiger partial charge in [0, 0.05) is 13.6 Å². The molecule has 0 radical (unpaired) electrons. The number of amides is 1. The van der Waals surface area contributed by atoms with Crippen LogP contribution in [0.1, 0.15) is 15.9 Å². The molecule has 4 heteroatoms. The molecule has 0 N–H and O–H groups in total. The minimum Gasteiger partial charge on any atom is -0.497 e. The molecule has 21 heavy (non-hydrogen) atoms. The molecule has 0 saturated heterocycles. The zero-order chi connectivity index (χ0) is 15.2. The smallest absolute Gasteiger partial charge is 0.257 e. The normalized spacial score (nSPS) is 10.0. The van der Waals surface area contributed by atoms with E-state index >= 15 is 0 Å². The molecule has 0 unspecified atom stereocenters. The monoisotopic (exact) mass is 285 g/mol. The highest BCUT2D eigenvalue weighted by Crippen LogP contribution is 2.25. The van der Waals surface area contributed by atoms with Crippen LogP contribution in [-0.4, -0.2) is 32.1 Å². The van der Waals surface area contributed by atoms with Gasteiger partial charge >= 0.3 is 0 Å². The van der Waals surface area contributed by atoms with Crippen LogP contribution in [0.3, 0.4) is 0 Å². The summed E-state index contributed by atoms with van der Waals surface area (Å²) in [5, 5.41) is 0. The van der Waals surface area contributed by atoms with Crippen molar-refractivity contribution in [2.45, 2.75) is 6.54 Å². The number of carbonyl (C=O) groups is 1. The van der Waals surface area contributed by atoms with E-state index in [2.05, 4.69) is 0 Å². The average Bonchev–Trinajstić information content (AvgIpc) is 2.54. The molecule has 2 rings (SSSR count). The molecule has 110 valence electrons. The maximum absolute atomic E-state index is 12.6. The van der Waals surface area contributed by atoms with E-state index in [0.29, 0.717) is 23.6 Å². The molecular weight excluding hydrogens is 266 g/mol. The first-order chi connectivity index (χ1) is 10.2. The molecule has 0 aliphatic rings. The number of benzene rings is 2. The van der Waals surface area contributed by atoms with Crippen LogP contribution in [0.4, 0.5) is 0 Å². The topological polar surface area (TPSA) is 38.8 Å². The van der Waals surface area contributed by atoms with E-state index < -0.39 is 0 Å². The van der Waals surface area contributed by atoms with Gasteiger partial charge in [0.05, 0.1) is 19.8 Å². The number of rotatable bonds is 5. The van der Waals surface area contributed by atoms with Crippen molar-refractivity contribution in [1.29, 1.82) is 0 Å². The second-order valence-corrected chi connectivity index (χ2v) is 4.71. The Morgan fingerprint density at radius 3 is 2.38 bits per heavy atom. The molecule has 4 nitrogen and oxygen atoms in total. The molecule has 0 bridgehead atoms. The third-order valence-corrected chi connectivity index (χ3v) is 3.25. The summed E-state index contributed by atoms with van der Waals surface area (Å²) in [5.74, 6) is 1.07. The molecule has 0 aromatic heterocycles. The Morgan fingerprint density at radius 1 is 1.05 bits per heavy atom. The standard InChI is InChI=1S/C17H19NO3/c1-18(12-13-7-5-4-6-8-13)17(19)15-11-14(20-2)9-10-16(15)21-3/h4-11H,12H2,1-3H3. The lowest BCUT2D eigenvalue weighted by Crippen LogP contribution is -2.26. The molecule has 2 aromatic rings. The minimum absolute atomic E-state index is 0.102. The highest BCUT2D eigenvalue weighted by atomic mass is 16.5. The van der Waals surface area contributed by atoms with Gasteiger partial charge in [0.1, 0.15) is 11.5 Å². The van der Waals surface area contributed by atoms with Gasteiger partial charge in [0.25, 0.3) is 5.91 Å². The summed E-state index contributed by atoms with van der Waals surface area (Å²) in [6.07, 6.45) is 0. The van der Waals surface area contributed by atoms with E-state index in [1.54, 1.807) is 44.4 Å². The van der Waals surface area contributed by atoms with Crippen molar-refractivity contribution in [2.75, 3.05) is 21.3 Å². The van der Waals surface area contributed by atoms with Gasteiger partial charge < -0.3 is 14.4 Å². The molecular formula is C17H19NO3. The van der Waals surface area contributed by atoms with E-state index in [9.17, 15) is 4.79 Å². The Labute approximate surface area is 124 Å². The molecule has 0 aliphatic carbocycles. The number of nitrogens with zero attached hydrogens (tertiary/aromatic N) is 1. The summed E-state index contributed by atoms with van der Waals surface area (Å²) in [4.78, 5) is 14.2. The summed E-state index contributed by atoms with van der Waals surface area (Å²) in [6, 6.07) is 15.1. The van der Waals surface area contributed by atoms with Crippen LogP contribution >= 0.6 is 0 Å². The number of methoxy groups -OCH3 is 2. The highest BCUT2D eigenvalue weighted by molar-refractivity contribution is 5.97. The predicted octanol–water partition coefficient (Wildman–Crippen LogP) is 2.98. The van der Waals surface area contributed by atoms with Crippen LogP contribution in [0.25, 0.3) is 0 Å². The van der Waals surface area contributed by atoms with Crippen molar-refractivity contribution in [2.24, 2.45) is 0 Å². The number of hydrogen-bond donors (Lipinski definition) is 0. The van der Waals surface area contributed by atoms with Gasteiger partial charge in [-0.3, -0.25) is 4.79 Å². The van der Waals surface area contributed by atoms with Gasteiger partial charge in [0.15, 0.2) is 0 Å². The SMILES string of the molecule is COc1ccc(OC)c(C(=O)N(C)Cc2ccccc2)c1. The summed E-state index contributed by atoms with van der Waals surface area (Å²) in [6.45, 7) is 0.542. The zero-order valence-corrected chi connectivity index (χ0v) is 12.5. The van der Waals surface area contributed by atoms with E-state index in [1.165, 1.54) is 0 Å². The fraction of sp³-hybridized carbons (Fsp3) is 0.235. The van der Waals surface area contributed by atoms with Crippen LogP contribution in [0.2, 0.25) is 0 Å². The van der Waals surface area contributed by atoms with Crippen molar-refractivity contribution in [3.8, 4) is 11.5 Å². The van der Waals surface area contributed by atoms with Crippen LogP contribution in [0.15, 0.2) is 48.5 Å². The second kappa shape index (κ2) is 6.79. The molecule has 2 aromatic carbocycles. The van der Waals surface area contributed by atoms with Crippen molar-refractivity contribution >= 4 is 5.91 Å². The van der Waals surface area contributed by atoms with Crippen LogP contribution < -0.4 is 9.47 Å². The van der Waals surface area contributed by atoms with Gasteiger partial charge in [-0.05, 0) is 23.8 Å². The largest absolute Gasteiger partial charge is 0.497 e. The van der Waals surface area contributed by atoms with Gasteiger partial charge in [0.2, 0.25) is 0 Å². The maximum Gasteiger partial charge on any atom is 0.257 e. The average molecular weight is 285 g/mol. The lowest BCUT2D eigenvalue weighted by Gasteiger charge is -2.19. The first-order valence-electron chi connectivity index (χ1n) is 6.67. The molecule has 0 aliphatic heterocycles. The maximum atomic E-state index is 12.6. The Hall–Kier alpha value is -2.49. The van der Waals surface area contributed by atoms with Crippen molar-refractivity contribution in [3.63, 3.8) is 0 Å². The van der Waals surface area contributed by atoms with Gasteiger partial charge in [-0.2, -0.15) is 0 Å². The summed E-state index contributed by atoms with van der Waals surface area (Å²) < 4.78 is 10.4. The van der Waals surface area contributed by atoms with Crippen LogP contribution in [0.5, 0.6) is 11.5 Å². The molecule has 0 fully saturated rings.